The van der Waals surface area contributed by atoms with Crippen LogP contribution in [-0.4, -0.2) is 60.3 Å². The van der Waals surface area contributed by atoms with Crippen LogP contribution < -0.4 is 14.5 Å². The average Bonchev–Trinajstić information content (AvgIpc) is 3.33. The first-order valence-electron chi connectivity index (χ1n) is 10.8. The van der Waals surface area contributed by atoms with Crippen molar-refractivity contribution in [3.8, 4) is 11.5 Å². The number of phenolic OH excluding ortho intramolecular Hbond substituents is 1. The molecule has 2 aromatic carbocycles. The van der Waals surface area contributed by atoms with Crippen LogP contribution in [0.1, 0.15) is 21.5 Å². The predicted molar refractivity (Wildman–Crippen MR) is 116 cm³/mol. The summed E-state index contributed by atoms with van der Waals surface area (Å²) in [5.74, 6) is 0.763. The lowest BCUT2D eigenvalue weighted by atomic mass is 10.0. The van der Waals surface area contributed by atoms with Crippen molar-refractivity contribution in [2.24, 2.45) is 0 Å². The molecule has 160 valence electrons. The third kappa shape index (κ3) is 3.72. The summed E-state index contributed by atoms with van der Waals surface area (Å²) >= 11 is 0. The van der Waals surface area contributed by atoms with Gasteiger partial charge in [0.05, 0.1) is 17.7 Å². The fraction of sp³-hybridized carbons (Fsp3) is 0.292. The lowest BCUT2D eigenvalue weighted by molar-refractivity contribution is -1.02. The van der Waals surface area contributed by atoms with Crippen molar-refractivity contribution in [3.05, 3.63) is 65.0 Å². The number of phenols is 1. The van der Waals surface area contributed by atoms with E-state index in [0.717, 1.165) is 49.2 Å². The van der Waals surface area contributed by atoms with Gasteiger partial charge in [0.1, 0.15) is 45.0 Å². The Balaban J connectivity index is 1.40. The number of ether oxygens (including phenoxy) is 1. The molecule has 5 N–H and O–H groups in total. The third-order valence-electron chi connectivity index (χ3n) is 6.38. The molecule has 0 aliphatic carbocycles. The van der Waals surface area contributed by atoms with Gasteiger partial charge in [-0.2, -0.15) is 0 Å². The highest BCUT2D eigenvalue weighted by Gasteiger charge is 2.33. The molecule has 2 aliphatic heterocycles. The first-order chi connectivity index (χ1) is 15.1. The number of piperazine rings is 1. The molecule has 3 heterocycles. The number of hydrogen-bond acceptors (Lipinski definition) is 4. The molecule has 0 bridgehead atoms. The number of carbonyl (C=O) groups excluding carboxylic acids is 1. The van der Waals surface area contributed by atoms with Gasteiger partial charge in [-0.1, -0.05) is 18.2 Å². The third-order valence-corrected chi connectivity index (χ3v) is 6.38. The Morgan fingerprint density at radius 3 is 2.65 bits per heavy atom. The number of para-hydroxylation sites is 1. The minimum absolute atomic E-state index is 0.159. The van der Waals surface area contributed by atoms with Crippen LogP contribution in [0.3, 0.4) is 0 Å². The number of aliphatic hydroxyl groups is 1. The number of benzene rings is 2. The second kappa shape index (κ2) is 8.19. The average molecular weight is 421 g/mol. The quantitative estimate of drug-likeness (QED) is 0.368. The van der Waals surface area contributed by atoms with Gasteiger partial charge in [-0.3, -0.25) is 4.79 Å². The van der Waals surface area contributed by atoms with Crippen LogP contribution in [-0.2, 0) is 6.54 Å². The maximum absolute atomic E-state index is 13.0. The number of aromatic hydroxyl groups is 1. The number of fused-ring (bicyclic) bond motifs is 2. The van der Waals surface area contributed by atoms with Gasteiger partial charge < -0.3 is 29.7 Å². The zero-order chi connectivity index (χ0) is 21.4. The normalized spacial score (nSPS) is 22.1. The summed E-state index contributed by atoms with van der Waals surface area (Å²) in [7, 11) is 0. The summed E-state index contributed by atoms with van der Waals surface area (Å²) in [5, 5.41) is 20.7. The Morgan fingerprint density at radius 1 is 1.06 bits per heavy atom. The molecule has 5 rings (SSSR count). The van der Waals surface area contributed by atoms with E-state index in [0.29, 0.717) is 23.4 Å². The standard InChI is InChI=1S/C24H25N3O4/c28-12-11-26-7-9-27(10-8-26)15-19-21(29)6-5-18-23(30)22(31-24(18)19)13-16-14-25-20-4-2-1-3-17(16)20/h1-6,13-14,25,28-29H,7-12,15H2/p+2/b22-13+. The van der Waals surface area contributed by atoms with Crippen molar-refractivity contribution in [2.45, 2.75) is 6.54 Å². The zero-order valence-electron chi connectivity index (χ0n) is 17.3. The predicted octanol–water partition coefficient (Wildman–Crippen LogP) is -0.235. The fourth-order valence-electron chi connectivity index (χ4n) is 4.61. The highest BCUT2D eigenvalue weighted by atomic mass is 16.5. The highest BCUT2D eigenvalue weighted by Crippen LogP contribution is 2.39. The Bertz CT molecular complexity index is 1160. The molecule has 3 aromatic rings. The van der Waals surface area contributed by atoms with Gasteiger partial charge in [-0.15, -0.1) is 0 Å². The number of aliphatic hydroxyl groups excluding tert-OH is 1. The summed E-state index contributed by atoms with van der Waals surface area (Å²) in [6.07, 6.45) is 3.64. The number of carbonyl (C=O) groups is 1. The number of H-pyrrole nitrogens is 1. The molecule has 0 radical (unpaired) electrons. The number of aromatic amines is 1. The summed E-state index contributed by atoms with van der Waals surface area (Å²) in [6.45, 7) is 5.45. The number of nitrogens with one attached hydrogen (secondary N) is 3. The van der Waals surface area contributed by atoms with Crippen molar-refractivity contribution in [3.63, 3.8) is 0 Å². The fourth-order valence-corrected chi connectivity index (χ4v) is 4.61. The molecule has 0 atom stereocenters. The maximum atomic E-state index is 13.0. The van der Waals surface area contributed by atoms with E-state index >= 15 is 0 Å². The largest absolute Gasteiger partial charge is 0.507 e. The molecular formula is C24H27N3O4+2. The molecule has 1 saturated heterocycles. The minimum Gasteiger partial charge on any atom is -0.507 e. The summed E-state index contributed by atoms with van der Waals surface area (Å²) in [6, 6.07) is 11.2. The molecule has 1 aromatic heterocycles. The molecule has 1 fully saturated rings. The van der Waals surface area contributed by atoms with E-state index < -0.39 is 0 Å². The molecule has 2 aliphatic rings. The monoisotopic (exact) mass is 421 g/mol. The minimum atomic E-state index is -0.159. The van der Waals surface area contributed by atoms with E-state index in [9.17, 15) is 9.90 Å². The van der Waals surface area contributed by atoms with Gasteiger partial charge in [0, 0.05) is 22.7 Å². The number of rotatable bonds is 5. The van der Waals surface area contributed by atoms with Crippen molar-refractivity contribution >= 4 is 22.8 Å². The molecule has 0 unspecified atom stereocenters. The number of Topliss-reactive ketones (excluding diaryl/α,β-unsaturated/α-hetero) is 1. The molecule has 7 heteroatoms. The maximum Gasteiger partial charge on any atom is 0.231 e. The van der Waals surface area contributed by atoms with Gasteiger partial charge in [0.15, 0.2) is 11.5 Å². The molecule has 0 spiro atoms. The molecule has 7 nitrogen and oxygen atoms in total. The van der Waals surface area contributed by atoms with Gasteiger partial charge >= 0.3 is 0 Å². The molecule has 31 heavy (non-hydrogen) atoms. The number of allylic oxidation sites excluding steroid dienone is 1. The van der Waals surface area contributed by atoms with E-state index in [2.05, 4.69) is 4.98 Å². The smallest absolute Gasteiger partial charge is 0.231 e. The first kappa shape index (κ1) is 19.8. The SMILES string of the molecule is O=C1/C(=C\c2c[nH]c3ccccc23)Oc2c1ccc(O)c2C[NH+]1CC[NH+](CCO)CC1. The number of aromatic nitrogens is 1. The van der Waals surface area contributed by atoms with Gasteiger partial charge in [0.25, 0.3) is 0 Å². The van der Waals surface area contributed by atoms with Crippen LogP contribution in [0, 0.1) is 0 Å². The topological polar surface area (TPSA) is 91.4 Å². The highest BCUT2D eigenvalue weighted by molar-refractivity contribution is 6.15. The lowest BCUT2D eigenvalue weighted by Crippen LogP contribution is -3.27. The van der Waals surface area contributed by atoms with Crippen molar-refractivity contribution in [1.82, 2.24) is 4.98 Å². The summed E-state index contributed by atoms with van der Waals surface area (Å²) < 4.78 is 6.04. The van der Waals surface area contributed by atoms with Crippen LogP contribution >= 0.6 is 0 Å². The van der Waals surface area contributed by atoms with Crippen LogP contribution in [0.25, 0.3) is 17.0 Å². The van der Waals surface area contributed by atoms with Crippen LogP contribution in [0.2, 0.25) is 0 Å². The lowest BCUT2D eigenvalue weighted by Gasteiger charge is -2.29. The van der Waals surface area contributed by atoms with Crippen molar-refractivity contribution < 1.29 is 29.5 Å². The second-order valence-electron chi connectivity index (χ2n) is 8.32. The van der Waals surface area contributed by atoms with E-state index in [1.807, 2.05) is 30.5 Å². The van der Waals surface area contributed by atoms with Gasteiger partial charge in [-0.05, 0) is 24.3 Å². The zero-order valence-corrected chi connectivity index (χ0v) is 17.3. The molecule has 0 amide bonds. The van der Waals surface area contributed by atoms with E-state index in [1.54, 1.807) is 18.2 Å². The van der Waals surface area contributed by atoms with Crippen LogP contribution in [0.15, 0.2) is 48.4 Å². The number of hydrogen-bond donors (Lipinski definition) is 5. The Morgan fingerprint density at radius 2 is 1.84 bits per heavy atom. The summed E-state index contributed by atoms with van der Waals surface area (Å²) in [5.41, 5.74) is 3.09. The summed E-state index contributed by atoms with van der Waals surface area (Å²) in [4.78, 5) is 19.0. The Hall–Kier alpha value is -3.13. The number of ketones is 1. The van der Waals surface area contributed by atoms with Crippen molar-refractivity contribution in [1.29, 1.82) is 0 Å². The Labute approximate surface area is 180 Å². The van der Waals surface area contributed by atoms with Gasteiger partial charge in [0.2, 0.25) is 5.78 Å². The van der Waals surface area contributed by atoms with E-state index in [4.69, 9.17) is 9.84 Å². The van der Waals surface area contributed by atoms with E-state index in [-0.39, 0.29) is 23.9 Å². The van der Waals surface area contributed by atoms with E-state index in [1.165, 1.54) is 9.80 Å². The van der Waals surface area contributed by atoms with Crippen LogP contribution in [0.5, 0.6) is 11.5 Å². The Kier molecular flexibility index (Phi) is 5.23. The molecule has 0 saturated carbocycles. The first-order valence-corrected chi connectivity index (χ1v) is 10.8. The van der Waals surface area contributed by atoms with Gasteiger partial charge in [-0.25, -0.2) is 0 Å². The van der Waals surface area contributed by atoms with Crippen LogP contribution in [0.4, 0.5) is 0 Å². The number of quaternary nitrogens is 2. The second-order valence-corrected chi connectivity index (χ2v) is 8.32. The van der Waals surface area contributed by atoms with Crippen molar-refractivity contribution in [2.75, 3.05) is 39.3 Å². The molecular weight excluding hydrogens is 394 g/mol.